The summed E-state index contributed by atoms with van der Waals surface area (Å²) in [5.74, 6) is 0.903. The fraction of sp³-hybridized carbons (Fsp3) is 0.300. The SMILES string of the molecule is CNc1nc2ccc(C)cc2n1C. The molecule has 0 aliphatic carbocycles. The Hall–Kier alpha value is -1.51. The molecule has 0 radical (unpaired) electrons. The summed E-state index contributed by atoms with van der Waals surface area (Å²) in [6.07, 6.45) is 0. The van der Waals surface area contributed by atoms with Gasteiger partial charge in [-0.1, -0.05) is 6.07 Å². The summed E-state index contributed by atoms with van der Waals surface area (Å²) in [5, 5.41) is 3.06. The molecule has 3 nitrogen and oxygen atoms in total. The second kappa shape index (κ2) is 2.76. The van der Waals surface area contributed by atoms with Crippen molar-refractivity contribution in [3.63, 3.8) is 0 Å². The fourth-order valence-corrected chi connectivity index (χ4v) is 1.52. The molecule has 68 valence electrons. The average molecular weight is 175 g/mol. The van der Waals surface area contributed by atoms with Gasteiger partial charge in [-0.2, -0.15) is 0 Å². The quantitative estimate of drug-likeness (QED) is 0.717. The third-order valence-electron chi connectivity index (χ3n) is 2.26. The molecule has 2 rings (SSSR count). The van der Waals surface area contributed by atoms with E-state index >= 15 is 0 Å². The Morgan fingerprint density at radius 1 is 1.38 bits per heavy atom. The minimum atomic E-state index is 0.903. The molecule has 0 amide bonds. The molecule has 2 aromatic rings. The first kappa shape index (κ1) is 8.10. The van der Waals surface area contributed by atoms with Crippen molar-refractivity contribution in [1.82, 2.24) is 9.55 Å². The number of aromatic nitrogens is 2. The number of imidazole rings is 1. The van der Waals surface area contributed by atoms with Gasteiger partial charge in [0.15, 0.2) is 0 Å². The van der Waals surface area contributed by atoms with Gasteiger partial charge in [0, 0.05) is 14.1 Å². The zero-order valence-corrected chi connectivity index (χ0v) is 8.13. The minimum absolute atomic E-state index is 0.903. The number of nitrogens with zero attached hydrogens (tertiary/aromatic N) is 2. The van der Waals surface area contributed by atoms with Crippen molar-refractivity contribution in [2.75, 3.05) is 12.4 Å². The summed E-state index contributed by atoms with van der Waals surface area (Å²) < 4.78 is 2.06. The van der Waals surface area contributed by atoms with Crippen molar-refractivity contribution in [2.24, 2.45) is 7.05 Å². The predicted octanol–water partition coefficient (Wildman–Crippen LogP) is 1.92. The van der Waals surface area contributed by atoms with Gasteiger partial charge < -0.3 is 9.88 Å². The van der Waals surface area contributed by atoms with Gasteiger partial charge in [-0.05, 0) is 24.6 Å². The maximum absolute atomic E-state index is 4.42. The lowest BCUT2D eigenvalue weighted by Gasteiger charge is -1.99. The third-order valence-corrected chi connectivity index (χ3v) is 2.26. The van der Waals surface area contributed by atoms with Crippen LogP contribution in [0.5, 0.6) is 0 Å². The zero-order valence-electron chi connectivity index (χ0n) is 8.13. The average Bonchev–Trinajstić information content (AvgIpc) is 2.44. The molecule has 0 saturated carbocycles. The molecule has 0 atom stereocenters. The van der Waals surface area contributed by atoms with Gasteiger partial charge in [-0.25, -0.2) is 4.98 Å². The first-order chi connectivity index (χ1) is 6.22. The number of nitrogens with one attached hydrogen (secondary N) is 1. The molecular weight excluding hydrogens is 162 g/mol. The molecule has 3 heteroatoms. The van der Waals surface area contributed by atoms with E-state index < -0.39 is 0 Å². The Kier molecular flexibility index (Phi) is 1.72. The smallest absolute Gasteiger partial charge is 0.203 e. The van der Waals surface area contributed by atoms with Gasteiger partial charge in [-0.15, -0.1) is 0 Å². The van der Waals surface area contributed by atoms with E-state index in [-0.39, 0.29) is 0 Å². The van der Waals surface area contributed by atoms with Gasteiger partial charge in [0.25, 0.3) is 0 Å². The molecule has 0 spiro atoms. The highest BCUT2D eigenvalue weighted by Gasteiger charge is 2.04. The highest BCUT2D eigenvalue weighted by molar-refractivity contribution is 5.79. The topological polar surface area (TPSA) is 29.9 Å². The summed E-state index contributed by atoms with van der Waals surface area (Å²) in [5.41, 5.74) is 3.47. The predicted molar refractivity (Wildman–Crippen MR) is 55.0 cm³/mol. The normalized spacial score (nSPS) is 10.7. The number of aryl methyl sites for hydroxylation is 2. The molecule has 0 aliphatic rings. The van der Waals surface area contributed by atoms with E-state index in [1.807, 2.05) is 20.2 Å². The molecule has 1 aromatic carbocycles. The standard InChI is InChI=1S/C10H13N3/c1-7-4-5-8-9(6-7)13(3)10(11-2)12-8/h4-6H,1-3H3,(H,11,12). The van der Waals surface area contributed by atoms with Crippen LogP contribution in [0.15, 0.2) is 18.2 Å². The van der Waals surface area contributed by atoms with Crippen molar-refractivity contribution in [1.29, 1.82) is 0 Å². The zero-order chi connectivity index (χ0) is 9.42. The number of benzene rings is 1. The monoisotopic (exact) mass is 175 g/mol. The van der Waals surface area contributed by atoms with Gasteiger partial charge in [0.2, 0.25) is 5.95 Å². The summed E-state index contributed by atoms with van der Waals surface area (Å²) >= 11 is 0. The van der Waals surface area contributed by atoms with E-state index in [9.17, 15) is 0 Å². The van der Waals surface area contributed by atoms with Crippen LogP contribution in [0.3, 0.4) is 0 Å². The van der Waals surface area contributed by atoms with Crippen LogP contribution in [0.1, 0.15) is 5.56 Å². The highest BCUT2D eigenvalue weighted by atomic mass is 15.2. The second-order valence-corrected chi connectivity index (χ2v) is 3.24. The van der Waals surface area contributed by atoms with E-state index in [2.05, 4.69) is 33.9 Å². The van der Waals surface area contributed by atoms with Crippen molar-refractivity contribution < 1.29 is 0 Å². The molecular formula is C10H13N3. The largest absolute Gasteiger partial charge is 0.359 e. The van der Waals surface area contributed by atoms with Crippen LogP contribution in [0, 0.1) is 6.92 Å². The summed E-state index contributed by atoms with van der Waals surface area (Å²) in [4.78, 5) is 4.42. The molecule has 1 heterocycles. The van der Waals surface area contributed by atoms with Gasteiger partial charge in [0.1, 0.15) is 0 Å². The van der Waals surface area contributed by atoms with Crippen LogP contribution in [0.4, 0.5) is 5.95 Å². The van der Waals surface area contributed by atoms with Crippen LogP contribution in [-0.4, -0.2) is 16.6 Å². The fourth-order valence-electron chi connectivity index (χ4n) is 1.52. The van der Waals surface area contributed by atoms with E-state index in [0.717, 1.165) is 11.5 Å². The second-order valence-electron chi connectivity index (χ2n) is 3.24. The van der Waals surface area contributed by atoms with Crippen molar-refractivity contribution >= 4 is 17.0 Å². The first-order valence-electron chi connectivity index (χ1n) is 4.33. The Labute approximate surface area is 77.4 Å². The van der Waals surface area contributed by atoms with Crippen LogP contribution in [0.2, 0.25) is 0 Å². The maximum Gasteiger partial charge on any atom is 0.203 e. The lowest BCUT2D eigenvalue weighted by atomic mass is 10.2. The lowest BCUT2D eigenvalue weighted by Crippen LogP contribution is -1.97. The van der Waals surface area contributed by atoms with E-state index in [4.69, 9.17) is 0 Å². The van der Waals surface area contributed by atoms with Gasteiger partial charge in [-0.3, -0.25) is 0 Å². The van der Waals surface area contributed by atoms with Crippen molar-refractivity contribution in [3.8, 4) is 0 Å². The van der Waals surface area contributed by atoms with E-state index in [1.54, 1.807) is 0 Å². The maximum atomic E-state index is 4.42. The molecule has 0 saturated heterocycles. The Morgan fingerprint density at radius 3 is 2.85 bits per heavy atom. The Balaban J connectivity index is 2.77. The molecule has 1 N–H and O–H groups in total. The van der Waals surface area contributed by atoms with Crippen molar-refractivity contribution in [3.05, 3.63) is 23.8 Å². The number of anilines is 1. The first-order valence-corrected chi connectivity index (χ1v) is 4.33. The number of fused-ring (bicyclic) bond motifs is 1. The highest BCUT2D eigenvalue weighted by Crippen LogP contribution is 2.18. The minimum Gasteiger partial charge on any atom is -0.359 e. The molecule has 0 bridgehead atoms. The van der Waals surface area contributed by atoms with Gasteiger partial charge in [0.05, 0.1) is 11.0 Å². The van der Waals surface area contributed by atoms with E-state index in [1.165, 1.54) is 11.1 Å². The van der Waals surface area contributed by atoms with Gasteiger partial charge >= 0.3 is 0 Å². The summed E-state index contributed by atoms with van der Waals surface area (Å²) in [6.45, 7) is 2.09. The third kappa shape index (κ3) is 1.16. The van der Waals surface area contributed by atoms with Crippen LogP contribution in [0.25, 0.3) is 11.0 Å². The Morgan fingerprint density at radius 2 is 2.15 bits per heavy atom. The van der Waals surface area contributed by atoms with Crippen LogP contribution in [-0.2, 0) is 7.05 Å². The van der Waals surface area contributed by atoms with Crippen LogP contribution < -0.4 is 5.32 Å². The molecule has 0 aliphatic heterocycles. The van der Waals surface area contributed by atoms with E-state index in [0.29, 0.717) is 0 Å². The Bertz CT molecular complexity index is 443. The molecule has 0 unspecified atom stereocenters. The molecule has 13 heavy (non-hydrogen) atoms. The van der Waals surface area contributed by atoms with Crippen LogP contribution >= 0.6 is 0 Å². The summed E-state index contributed by atoms with van der Waals surface area (Å²) in [6, 6.07) is 6.27. The summed E-state index contributed by atoms with van der Waals surface area (Å²) in [7, 11) is 3.90. The lowest BCUT2D eigenvalue weighted by molar-refractivity contribution is 0.952. The van der Waals surface area contributed by atoms with Crippen molar-refractivity contribution in [2.45, 2.75) is 6.92 Å². The molecule has 0 fully saturated rings. The number of rotatable bonds is 1. The number of hydrogen-bond acceptors (Lipinski definition) is 2. The number of hydrogen-bond donors (Lipinski definition) is 1. The molecule has 1 aromatic heterocycles.